The van der Waals surface area contributed by atoms with Crippen LogP contribution in [0.4, 0.5) is 0 Å². The molecule has 0 fully saturated rings. The van der Waals surface area contributed by atoms with Gasteiger partial charge in [0.05, 0.1) is 38.4 Å². The maximum absolute atomic E-state index is 11.9. The van der Waals surface area contributed by atoms with Crippen LogP contribution in [0.2, 0.25) is 0 Å². The summed E-state index contributed by atoms with van der Waals surface area (Å²) in [4.78, 5) is 16.0. The lowest BCUT2D eigenvalue weighted by atomic mass is 10.1. The molecule has 0 unspecified atom stereocenters. The molecule has 1 aromatic carbocycles. The van der Waals surface area contributed by atoms with Crippen molar-refractivity contribution < 1.29 is 14.3 Å². The molecule has 106 valence electrons. The second-order valence-corrected chi connectivity index (χ2v) is 4.84. The minimum absolute atomic E-state index is 0.0507. The smallest absolute Gasteiger partial charge is 0.224 e. The van der Waals surface area contributed by atoms with Crippen molar-refractivity contribution >= 4 is 17.2 Å². The summed E-state index contributed by atoms with van der Waals surface area (Å²) in [6, 6.07) is 5.45. The first-order chi connectivity index (χ1) is 9.72. The Labute approximate surface area is 121 Å². The number of methoxy groups -OCH3 is 2. The van der Waals surface area contributed by atoms with Gasteiger partial charge >= 0.3 is 0 Å². The highest BCUT2D eigenvalue weighted by atomic mass is 32.1. The number of hydrogen-bond acceptors (Lipinski definition) is 5. The van der Waals surface area contributed by atoms with Crippen molar-refractivity contribution in [3.05, 3.63) is 40.3 Å². The van der Waals surface area contributed by atoms with Gasteiger partial charge in [0.15, 0.2) is 11.5 Å². The van der Waals surface area contributed by atoms with Crippen molar-refractivity contribution in [3.63, 3.8) is 0 Å². The largest absolute Gasteiger partial charge is 0.493 e. The Morgan fingerprint density at radius 1 is 1.30 bits per heavy atom. The lowest BCUT2D eigenvalue weighted by Gasteiger charge is -2.09. The van der Waals surface area contributed by atoms with Crippen LogP contribution in [0.5, 0.6) is 11.5 Å². The quantitative estimate of drug-likeness (QED) is 0.885. The number of nitrogens with one attached hydrogen (secondary N) is 1. The normalized spacial score (nSPS) is 10.1. The van der Waals surface area contributed by atoms with Gasteiger partial charge in [-0.25, -0.2) is 4.98 Å². The molecule has 2 aromatic rings. The van der Waals surface area contributed by atoms with Crippen LogP contribution in [-0.2, 0) is 17.8 Å². The summed E-state index contributed by atoms with van der Waals surface area (Å²) in [7, 11) is 3.15. The van der Waals surface area contributed by atoms with Gasteiger partial charge < -0.3 is 14.8 Å². The zero-order valence-corrected chi connectivity index (χ0v) is 12.2. The van der Waals surface area contributed by atoms with Crippen LogP contribution in [0.25, 0.3) is 0 Å². The molecule has 0 aliphatic carbocycles. The van der Waals surface area contributed by atoms with Crippen LogP contribution >= 0.6 is 11.3 Å². The molecule has 1 N–H and O–H groups in total. The molecule has 0 saturated heterocycles. The van der Waals surface area contributed by atoms with Gasteiger partial charge in [-0.3, -0.25) is 4.79 Å². The predicted molar refractivity (Wildman–Crippen MR) is 77.2 cm³/mol. The van der Waals surface area contributed by atoms with E-state index in [9.17, 15) is 4.79 Å². The third-order valence-corrected chi connectivity index (χ3v) is 3.40. The molecule has 1 aromatic heterocycles. The first-order valence-corrected chi connectivity index (χ1v) is 7.02. The number of ether oxygens (including phenoxy) is 2. The summed E-state index contributed by atoms with van der Waals surface area (Å²) < 4.78 is 10.4. The van der Waals surface area contributed by atoms with Crippen LogP contribution in [0.15, 0.2) is 29.1 Å². The average molecular weight is 292 g/mol. The van der Waals surface area contributed by atoms with Gasteiger partial charge in [-0.2, -0.15) is 0 Å². The van der Waals surface area contributed by atoms with Gasteiger partial charge in [0, 0.05) is 5.38 Å². The number of carbonyl (C=O) groups is 1. The molecule has 5 nitrogen and oxygen atoms in total. The maximum Gasteiger partial charge on any atom is 0.224 e. The van der Waals surface area contributed by atoms with E-state index in [1.54, 1.807) is 31.9 Å². The highest BCUT2D eigenvalue weighted by Crippen LogP contribution is 2.27. The molecule has 0 bridgehead atoms. The fourth-order valence-corrected chi connectivity index (χ4v) is 2.31. The molecular weight excluding hydrogens is 276 g/mol. The predicted octanol–water partition coefficient (Wildman–Crippen LogP) is 2.02. The average Bonchev–Trinajstić information content (AvgIpc) is 2.98. The van der Waals surface area contributed by atoms with E-state index < -0.39 is 0 Å². The fourth-order valence-electron chi connectivity index (χ4n) is 1.75. The summed E-state index contributed by atoms with van der Waals surface area (Å²) in [6.07, 6.45) is 0.296. The van der Waals surface area contributed by atoms with Gasteiger partial charge in [0.25, 0.3) is 0 Å². The van der Waals surface area contributed by atoms with Crippen LogP contribution < -0.4 is 14.8 Å². The summed E-state index contributed by atoms with van der Waals surface area (Å²) in [5.41, 5.74) is 3.49. The van der Waals surface area contributed by atoms with Crippen molar-refractivity contribution in [2.75, 3.05) is 14.2 Å². The standard InChI is InChI=1S/C14H16N2O3S/c1-18-12-4-3-10(5-13(12)19-2)6-14(17)15-7-11-8-20-9-16-11/h3-5,8-9H,6-7H2,1-2H3,(H,15,17). The fraction of sp³-hybridized carbons (Fsp3) is 0.286. The highest BCUT2D eigenvalue weighted by molar-refractivity contribution is 7.07. The maximum atomic E-state index is 11.9. The van der Waals surface area contributed by atoms with E-state index >= 15 is 0 Å². The van der Waals surface area contributed by atoms with E-state index in [1.165, 1.54) is 11.3 Å². The van der Waals surface area contributed by atoms with E-state index in [-0.39, 0.29) is 5.91 Å². The van der Waals surface area contributed by atoms with E-state index in [1.807, 2.05) is 11.4 Å². The lowest BCUT2D eigenvalue weighted by molar-refractivity contribution is -0.120. The number of aromatic nitrogens is 1. The number of amides is 1. The van der Waals surface area contributed by atoms with E-state index in [0.717, 1.165) is 11.3 Å². The first kappa shape index (κ1) is 14.3. The highest BCUT2D eigenvalue weighted by Gasteiger charge is 2.08. The SMILES string of the molecule is COc1ccc(CC(=O)NCc2cscn2)cc1OC. The Hall–Kier alpha value is -2.08. The van der Waals surface area contributed by atoms with Crippen molar-refractivity contribution in [2.24, 2.45) is 0 Å². The Morgan fingerprint density at radius 3 is 2.75 bits per heavy atom. The second-order valence-electron chi connectivity index (χ2n) is 4.12. The summed E-state index contributed by atoms with van der Waals surface area (Å²) >= 11 is 1.51. The van der Waals surface area contributed by atoms with Crippen molar-refractivity contribution in [2.45, 2.75) is 13.0 Å². The minimum atomic E-state index is -0.0507. The van der Waals surface area contributed by atoms with Gasteiger partial charge in [-0.05, 0) is 17.7 Å². The number of hydrogen-bond donors (Lipinski definition) is 1. The van der Waals surface area contributed by atoms with Crippen LogP contribution in [0, 0.1) is 0 Å². The number of benzene rings is 1. The molecule has 0 aliphatic heterocycles. The molecule has 2 rings (SSSR count). The molecule has 0 saturated carbocycles. The summed E-state index contributed by atoms with van der Waals surface area (Å²) in [6.45, 7) is 0.454. The van der Waals surface area contributed by atoms with Crippen LogP contribution in [-0.4, -0.2) is 25.1 Å². The third-order valence-electron chi connectivity index (χ3n) is 2.76. The zero-order valence-electron chi connectivity index (χ0n) is 11.4. The van der Waals surface area contributed by atoms with Gasteiger partial charge in [0.2, 0.25) is 5.91 Å². The van der Waals surface area contributed by atoms with Gasteiger partial charge in [0.1, 0.15) is 0 Å². The molecule has 1 heterocycles. The topological polar surface area (TPSA) is 60.5 Å². The molecule has 0 aliphatic rings. The summed E-state index contributed by atoms with van der Waals surface area (Å²) in [5, 5.41) is 4.75. The monoisotopic (exact) mass is 292 g/mol. The van der Waals surface area contributed by atoms with E-state index in [4.69, 9.17) is 9.47 Å². The molecular formula is C14H16N2O3S. The number of rotatable bonds is 6. The molecule has 0 atom stereocenters. The molecule has 20 heavy (non-hydrogen) atoms. The Bertz CT molecular complexity index is 570. The third kappa shape index (κ3) is 3.71. The van der Waals surface area contributed by atoms with Gasteiger partial charge in [-0.15, -0.1) is 11.3 Å². The van der Waals surface area contributed by atoms with Crippen molar-refractivity contribution in [1.82, 2.24) is 10.3 Å². The van der Waals surface area contributed by atoms with Crippen molar-refractivity contribution in [1.29, 1.82) is 0 Å². The number of thiazole rings is 1. The Balaban J connectivity index is 1.93. The number of carbonyl (C=O) groups excluding carboxylic acids is 1. The number of nitrogens with zero attached hydrogens (tertiary/aromatic N) is 1. The van der Waals surface area contributed by atoms with Crippen LogP contribution in [0.1, 0.15) is 11.3 Å². The van der Waals surface area contributed by atoms with E-state index in [0.29, 0.717) is 24.5 Å². The van der Waals surface area contributed by atoms with Crippen LogP contribution in [0.3, 0.4) is 0 Å². The molecule has 6 heteroatoms. The molecule has 0 radical (unpaired) electrons. The first-order valence-electron chi connectivity index (χ1n) is 6.07. The summed E-state index contributed by atoms with van der Waals surface area (Å²) in [5.74, 6) is 1.22. The lowest BCUT2D eigenvalue weighted by Crippen LogP contribution is -2.24. The van der Waals surface area contributed by atoms with Crippen molar-refractivity contribution in [3.8, 4) is 11.5 Å². The van der Waals surface area contributed by atoms with E-state index in [2.05, 4.69) is 10.3 Å². The Kier molecular flexibility index (Phi) is 4.95. The minimum Gasteiger partial charge on any atom is -0.493 e. The molecule has 0 spiro atoms. The Morgan fingerprint density at radius 2 is 2.10 bits per heavy atom. The zero-order chi connectivity index (χ0) is 14.4. The molecule has 1 amide bonds. The second kappa shape index (κ2) is 6.91. The van der Waals surface area contributed by atoms with Gasteiger partial charge in [-0.1, -0.05) is 6.07 Å².